The molecule has 1 aromatic rings. The zero-order valence-electron chi connectivity index (χ0n) is 4.16. The molecule has 1 aliphatic rings. The van der Waals surface area contributed by atoms with Gasteiger partial charge in [-0.05, 0) is 0 Å². The second-order valence-electron chi connectivity index (χ2n) is 1.58. The van der Waals surface area contributed by atoms with Crippen molar-refractivity contribution in [3.8, 4) is 0 Å². The summed E-state index contributed by atoms with van der Waals surface area (Å²) < 4.78 is 1.94. The van der Waals surface area contributed by atoms with E-state index < -0.39 is 0 Å². The zero-order chi connectivity index (χ0) is 5.40. The molecule has 0 spiro atoms. The topological polar surface area (TPSA) is 30.7 Å². The average molecular weight is 126 g/mol. The molecule has 4 heteroatoms. The number of aryl methyl sites for hydroxylation is 1. The lowest BCUT2D eigenvalue weighted by molar-refractivity contribution is 0.715. The molecule has 0 amide bonds. The van der Waals surface area contributed by atoms with Crippen LogP contribution in [0.1, 0.15) is 0 Å². The fourth-order valence-corrected chi connectivity index (χ4v) is 1.54. The molecule has 8 heavy (non-hydrogen) atoms. The third-order valence-electron chi connectivity index (χ3n) is 1.08. The summed E-state index contributed by atoms with van der Waals surface area (Å²) in [4.78, 5) is 0. The molecule has 2 heterocycles. The van der Waals surface area contributed by atoms with Crippen LogP contribution in [0, 0.1) is 6.33 Å². The van der Waals surface area contributed by atoms with Crippen LogP contribution in [0.5, 0.6) is 0 Å². The van der Waals surface area contributed by atoms with Crippen molar-refractivity contribution in [2.24, 2.45) is 0 Å². The number of hydrogen-bond acceptors (Lipinski definition) is 3. The molecule has 0 bridgehead atoms. The molecule has 41 valence electrons. The molecule has 0 atom stereocenters. The van der Waals surface area contributed by atoms with Crippen LogP contribution in [-0.2, 0) is 6.54 Å². The average Bonchev–Trinajstić information content (AvgIpc) is 2.15. The Morgan fingerprint density at radius 3 is 3.62 bits per heavy atom. The highest BCUT2D eigenvalue weighted by atomic mass is 32.2. The highest BCUT2D eigenvalue weighted by Crippen LogP contribution is 2.20. The fraction of sp³-hybridized carbons (Fsp3) is 0.500. The van der Waals surface area contributed by atoms with Crippen molar-refractivity contribution >= 4 is 11.8 Å². The lowest BCUT2D eigenvalue weighted by atomic mass is 10.7. The van der Waals surface area contributed by atoms with Crippen molar-refractivity contribution in [2.75, 3.05) is 5.75 Å². The Morgan fingerprint density at radius 2 is 2.75 bits per heavy atom. The summed E-state index contributed by atoms with van der Waals surface area (Å²) >= 11 is 1.73. The van der Waals surface area contributed by atoms with Gasteiger partial charge in [0.1, 0.15) is 0 Å². The molecular weight excluding hydrogens is 122 g/mol. The van der Waals surface area contributed by atoms with E-state index in [0.717, 1.165) is 17.5 Å². The predicted octanol–water partition coefficient (Wildman–Crippen LogP) is 0.184. The van der Waals surface area contributed by atoms with E-state index in [1.165, 1.54) is 0 Å². The minimum atomic E-state index is 1.00. The molecule has 0 N–H and O–H groups in total. The second kappa shape index (κ2) is 1.48. The number of aromatic nitrogens is 3. The third kappa shape index (κ3) is 0.461. The molecule has 0 fully saturated rings. The largest absolute Gasteiger partial charge is 0.299 e. The van der Waals surface area contributed by atoms with E-state index in [0.29, 0.717) is 0 Å². The molecule has 1 aliphatic heterocycles. The Hall–Kier alpha value is -0.510. The first-order chi connectivity index (χ1) is 3.97. The molecule has 0 aromatic carbocycles. The number of nitrogens with zero attached hydrogens (tertiary/aromatic N) is 3. The standard InChI is InChI=1S/C4H4N3S/c1-2-8-4-6-5-3-7(1)4/h1-2H2. The normalized spacial score (nSPS) is 16.5. The van der Waals surface area contributed by atoms with Crippen LogP contribution >= 0.6 is 11.8 Å². The molecule has 1 aromatic heterocycles. The molecule has 0 unspecified atom stereocenters. The SMILES string of the molecule is [c]1nnc2n1CCS2. The molecule has 0 aliphatic carbocycles. The molecule has 0 saturated carbocycles. The van der Waals surface area contributed by atoms with Gasteiger partial charge < -0.3 is 0 Å². The summed E-state index contributed by atoms with van der Waals surface area (Å²) in [6, 6.07) is 0. The molecular formula is C4H4N3S. The quantitative estimate of drug-likeness (QED) is 0.497. The number of thioether (sulfide) groups is 1. The Morgan fingerprint density at radius 1 is 1.75 bits per heavy atom. The fourth-order valence-electron chi connectivity index (χ4n) is 0.697. The van der Waals surface area contributed by atoms with Crippen molar-refractivity contribution in [3.63, 3.8) is 0 Å². The summed E-state index contributed by atoms with van der Waals surface area (Å²) in [6.45, 7) is 1.02. The minimum Gasteiger partial charge on any atom is -0.299 e. The first-order valence-electron chi connectivity index (χ1n) is 2.40. The van der Waals surface area contributed by atoms with Gasteiger partial charge >= 0.3 is 0 Å². The van der Waals surface area contributed by atoms with E-state index in [-0.39, 0.29) is 0 Å². The Balaban J connectivity index is 2.54. The maximum absolute atomic E-state index is 3.82. The Labute approximate surface area is 51.1 Å². The van der Waals surface area contributed by atoms with Gasteiger partial charge in [0, 0.05) is 12.3 Å². The summed E-state index contributed by atoms with van der Waals surface area (Å²) in [5, 5.41) is 8.43. The van der Waals surface area contributed by atoms with Gasteiger partial charge in [-0.2, -0.15) is 0 Å². The van der Waals surface area contributed by atoms with Gasteiger partial charge in [0.05, 0.1) is 0 Å². The lowest BCUT2D eigenvalue weighted by Gasteiger charge is -1.82. The molecule has 1 radical (unpaired) electrons. The monoisotopic (exact) mass is 126 g/mol. The van der Waals surface area contributed by atoms with E-state index in [9.17, 15) is 0 Å². The van der Waals surface area contributed by atoms with Crippen LogP contribution in [0.3, 0.4) is 0 Å². The number of hydrogen-bond donors (Lipinski definition) is 0. The zero-order valence-corrected chi connectivity index (χ0v) is 4.98. The van der Waals surface area contributed by atoms with Crippen LogP contribution in [0.2, 0.25) is 0 Å². The smallest absolute Gasteiger partial charge is 0.202 e. The molecule has 3 nitrogen and oxygen atoms in total. The first kappa shape index (κ1) is 4.38. The van der Waals surface area contributed by atoms with Crippen molar-refractivity contribution < 1.29 is 0 Å². The highest BCUT2D eigenvalue weighted by Gasteiger charge is 2.10. The van der Waals surface area contributed by atoms with Crippen LogP contribution in [-0.4, -0.2) is 20.5 Å². The lowest BCUT2D eigenvalue weighted by Crippen LogP contribution is -1.89. The summed E-state index contributed by atoms with van der Waals surface area (Å²) in [7, 11) is 0. The molecule has 0 saturated heterocycles. The van der Waals surface area contributed by atoms with E-state index >= 15 is 0 Å². The van der Waals surface area contributed by atoms with Crippen molar-refractivity contribution in [1.82, 2.24) is 14.8 Å². The maximum Gasteiger partial charge on any atom is 0.202 e. The van der Waals surface area contributed by atoms with Gasteiger partial charge in [0.15, 0.2) is 5.16 Å². The van der Waals surface area contributed by atoms with Gasteiger partial charge in [-0.1, -0.05) is 11.8 Å². The molecule has 2 rings (SSSR count). The summed E-state index contributed by atoms with van der Waals surface area (Å²) in [5.41, 5.74) is 0. The van der Waals surface area contributed by atoms with Crippen LogP contribution < -0.4 is 0 Å². The van der Waals surface area contributed by atoms with Gasteiger partial charge in [-0.25, -0.2) is 0 Å². The summed E-state index contributed by atoms with van der Waals surface area (Å²) in [5.74, 6) is 1.13. The van der Waals surface area contributed by atoms with E-state index in [4.69, 9.17) is 0 Å². The van der Waals surface area contributed by atoms with Gasteiger partial charge in [-0.3, -0.25) is 4.57 Å². The predicted molar refractivity (Wildman–Crippen MR) is 29.6 cm³/mol. The van der Waals surface area contributed by atoms with Crippen molar-refractivity contribution in [3.05, 3.63) is 6.33 Å². The first-order valence-corrected chi connectivity index (χ1v) is 3.39. The van der Waals surface area contributed by atoms with Crippen LogP contribution in [0.15, 0.2) is 5.16 Å². The van der Waals surface area contributed by atoms with Gasteiger partial charge in [0.25, 0.3) is 0 Å². The van der Waals surface area contributed by atoms with Crippen LogP contribution in [0.4, 0.5) is 0 Å². The Kier molecular flexibility index (Phi) is 0.811. The third-order valence-corrected chi connectivity index (χ3v) is 2.02. The second-order valence-corrected chi connectivity index (χ2v) is 2.64. The van der Waals surface area contributed by atoms with Gasteiger partial charge in [-0.15, -0.1) is 10.2 Å². The van der Waals surface area contributed by atoms with E-state index in [1.54, 1.807) is 11.8 Å². The maximum atomic E-state index is 3.82. The van der Waals surface area contributed by atoms with E-state index in [2.05, 4.69) is 16.5 Å². The van der Waals surface area contributed by atoms with Crippen molar-refractivity contribution in [2.45, 2.75) is 11.7 Å². The van der Waals surface area contributed by atoms with E-state index in [1.807, 2.05) is 4.57 Å². The van der Waals surface area contributed by atoms with Crippen LogP contribution in [0.25, 0.3) is 0 Å². The number of fused-ring (bicyclic) bond motifs is 1. The van der Waals surface area contributed by atoms with Crippen molar-refractivity contribution in [1.29, 1.82) is 0 Å². The minimum absolute atomic E-state index is 1.00. The summed E-state index contributed by atoms with van der Waals surface area (Å²) in [6.07, 6.45) is 2.75. The number of rotatable bonds is 0. The van der Waals surface area contributed by atoms with Gasteiger partial charge in [0.2, 0.25) is 6.33 Å². The highest BCUT2D eigenvalue weighted by molar-refractivity contribution is 7.99. The Bertz CT molecular complexity index is 176.